The average Bonchev–Trinajstić information content (AvgIpc) is 2.20. The highest BCUT2D eigenvalue weighted by Gasteiger charge is 2.29. The molecule has 13 heavy (non-hydrogen) atoms. The second kappa shape index (κ2) is 4.48. The largest absolute Gasteiger partial charge is 0.0622 e. The van der Waals surface area contributed by atoms with Crippen LogP contribution in [0.1, 0.15) is 64.7 Å². The summed E-state index contributed by atoms with van der Waals surface area (Å²) in [5, 5.41) is 0. The SMILES string of the molecule is C[C@@H]1CCCCC1C1CCCCC1. The quantitative estimate of drug-likeness (QED) is 0.561. The number of rotatable bonds is 1. The zero-order valence-corrected chi connectivity index (χ0v) is 9.10. The third-order valence-electron chi connectivity index (χ3n) is 4.43. The van der Waals surface area contributed by atoms with Crippen LogP contribution in [-0.4, -0.2) is 0 Å². The van der Waals surface area contributed by atoms with E-state index in [9.17, 15) is 0 Å². The van der Waals surface area contributed by atoms with Crippen LogP contribution in [0.3, 0.4) is 0 Å². The van der Waals surface area contributed by atoms with Crippen molar-refractivity contribution < 1.29 is 0 Å². The molecule has 2 rings (SSSR count). The molecule has 0 N–H and O–H groups in total. The van der Waals surface area contributed by atoms with Crippen molar-refractivity contribution in [1.82, 2.24) is 0 Å². The van der Waals surface area contributed by atoms with Gasteiger partial charge in [0.2, 0.25) is 0 Å². The third-order valence-corrected chi connectivity index (χ3v) is 4.43. The maximum Gasteiger partial charge on any atom is -0.0360 e. The van der Waals surface area contributed by atoms with Crippen molar-refractivity contribution in [3.63, 3.8) is 0 Å². The minimum absolute atomic E-state index is 1.04. The van der Waals surface area contributed by atoms with E-state index in [1.54, 1.807) is 19.3 Å². The minimum atomic E-state index is 1.04. The van der Waals surface area contributed by atoms with E-state index in [4.69, 9.17) is 0 Å². The molecule has 0 bridgehead atoms. The van der Waals surface area contributed by atoms with E-state index in [1.165, 1.54) is 38.5 Å². The van der Waals surface area contributed by atoms with Crippen molar-refractivity contribution in [3.05, 3.63) is 0 Å². The summed E-state index contributed by atoms with van der Waals surface area (Å²) in [5.41, 5.74) is 0. The van der Waals surface area contributed by atoms with E-state index >= 15 is 0 Å². The maximum atomic E-state index is 2.50. The van der Waals surface area contributed by atoms with Crippen LogP contribution in [0.25, 0.3) is 0 Å². The molecule has 1 unspecified atom stereocenters. The monoisotopic (exact) mass is 180 g/mol. The second-order valence-corrected chi connectivity index (χ2v) is 5.32. The summed E-state index contributed by atoms with van der Waals surface area (Å²) >= 11 is 0. The van der Waals surface area contributed by atoms with Gasteiger partial charge in [-0.05, 0) is 24.2 Å². The summed E-state index contributed by atoms with van der Waals surface area (Å²) in [6, 6.07) is 0. The van der Waals surface area contributed by atoms with Gasteiger partial charge in [0.25, 0.3) is 0 Å². The van der Waals surface area contributed by atoms with Crippen molar-refractivity contribution in [1.29, 1.82) is 0 Å². The molecule has 2 fully saturated rings. The lowest BCUT2D eigenvalue weighted by Crippen LogP contribution is -2.26. The molecule has 2 aliphatic carbocycles. The molecule has 0 spiro atoms. The number of hydrogen-bond acceptors (Lipinski definition) is 0. The maximum absolute atomic E-state index is 2.50. The lowest BCUT2D eigenvalue weighted by atomic mass is 9.69. The summed E-state index contributed by atoms with van der Waals surface area (Å²) in [6.45, 7) is 2.50. The molecule has 0 saturated heterocycles. The highest BCUT2D eigenvalue weighted by Crippen LogP contribution is 2.41. The fraction of sp³-hybridized carbons (Fsp3) is 1.00. The standard InChI is InChI=1S/C13H24/c1-11-7-5-6-10-13(11)12-8-3-2-4-9-12/h11-13H,2-10H2,1H3/t11-,13?/m1/s1. The Morgan fingerprint density at radius 1 is 0.692 bits per heavy atom. The molecule has 0 nitrogen and oxygen atoms in total. The first-order valence-electron chi connectivity index (χ1n) is 6.38. The zero-order chi connectivity index (χ0) is 9.10. The summed E-state index contributed by atoms with van der Waals surface area (Å²) in [6.07, 6.45) is 13.7. The first-order chi connectivity index (χ1) is 6.38. The van der Waals surface area contributed by atoms with Gasteiger partial charge in [-0.15, -0.1) is 0 Å². The first kappa shape index (κ1) is 9.55. The van der Waals surface area contributed by atoms with Gasteiger partial charge in [0.15, 0.2) is 0 Å². The first-order valence-corrected chi connectivity index (χ1v) is 6.38. The predicted molar refractivity (Wildman–Crippen MR) is 57.7 cm³/mol. The molecule has 76 valence electrons. The Morgan fingerprint density at radius 3 is 2.00 bits per heavy atom. The van der Waals surface area contributed by atoms with E-state index < -0.39 is 0 Å². The Labute approximate surface area is 83.1 Å². The highest BCUT2D eigenvalue weighted by atomic mass is 14.3. The Kier molecular flexibility index (Phi) is 3.29. The van der Waals surface area contributed by atoms with Crippen LogP contribution in [0.4, 0.5) is 0 Å². The molecule has 0 amide bonds. The molecule has 2 aliphatic rings. The molecule has 2 saturated carbocycles. The van der Waals surface area contributed by atoms with Crippen molar-refractivity contribution in [2.24, 2.45) is 17.8 Å². The zero-order valence-electron chi connectivity index (χ0n) is 9.10. The van der Waals surface area contributed by atoms with Gasteiger partial charge in [0, 0.05) is 0 Å². The minimum Gasteiger partial charge on any atom is -0.0622 e. The Bertz CT molecular complexity index is 144. The van der Waals surface area contributed by atoms with E-state index in [0.717, 1.165) is 17.8 Å². The third kappa shape index (κ3) is 2.27. The van der Waals surface area contributed by atoms with Gasteiger partial charge in [-0.3, -0.25) is 0 Å². The van der Waals surface area contributed by atoms with Crippen molar-refractivity contribution in [2.45, 2.75) is 64.7 Å². The number of hydrogen-bond donors (Lipinski definition) is 0. The van der Waals surface area contributed by atoms with Gasteiger partial charge >= 0.3 is 0 Å². The lowest BCUT2D eigenvalue weighted by Gasteiger charge is -2.37. The lowest BCUT2D eigenvalue weighted by molar-refractivity contribution is 0.140. The average molecular weight is 180 g/mol. The molecular weight excluding hydrogens is 156 g/mol. The van der Waals surface area contributed by atoms with Gasteiger partial charge in [0.1, 0.15) is 0 Å². The van der Waals surface area contributed by atoms with Crippen molar-refractivity contribution in [3.8, 4) is 0 Å². The van der Waals surface area contributed by atoms with Gasteiger partial charge in [-0.2, -0.15) is 0 Å². The fourth-order valence-corrected chi connectivity index (χ4v) is 3.61. The summed E-state index contributed by atoms with van der Waals surface area (Å²) in [4.78, 5) is 0. The molecule has 0 radical (unpaired) electrons. The Hall–Kier alpha value is 0. The molecule has 0 aromatic rings. The molecule has 0 heterocycles. The second-order valence-electron chi connectivity index (χ2n) is 5.32. The Balaban J connectivity index is 1.88. The van der Waals surface area contributed by atoms with Crippen LogP contribution >= 0.6 is 0 Å². The predicted octanol–water partition coefficient (Wildman–Crippen LogP) is 4.39. The summed E-state index contributed by atoms with van der Waals surface area (Å²) in [7, 11) is 0. The topological polar surface area (TPSA) is 0 Å². The van der Waals surface area contributed by atoms with Gasteiger partial charge in [-0.25, -0.2) is 0 Å². The molecule has 2 atom stereocenters. The van der Waals surface area contributed by atoms with Crippen molar-refractivity contribution in [2.75, 3.05) is 0 Å². The summed E-state index contributed by atoms with van der Waals surface area (Å²) in [5.74, 6) is 3.26. The van der Waals surface area contributed by atoms with E-state index in [0.29, 0.717) is 0 Å². The van der Waals surface area contributed by atoms with Crippen LogP contribution < -0.4 is 0 Å². The molecule has 0 aromatic carbocycles. The smallest absolute Gasteiger partial charge is 0.0360 e. The molecule has 0 aliphatic heterocycles. The van der Waals surface area contributed by atoms with Crippen LogP contribution in [0, 0.1) is 17.8 Å². The van der Waals surface area contributed by atoms with Crippen molar-refractivity contribution >= 4 is 0 Å². The van der Waals surface area contributed by atoms with E-state index in [-0.39, 0.29) is 0 Å². The van der Waals surface area contributed by atoms with Gasteiger partial charge in [0.05, 0.1) is 0 Å². The van der Waals surface area contributed by atoms with Gasteiger partial charge < -0.3 is 0 Å². The molecule has 0 aromatic heterocycles. The van der Waals surface area contributed by atoms with E-state index in [1.807, 2.05) is 0 Å². The fourth-order valence-electron chi connectivity index (χ4n) is 3.61. The van der Waals surface area contributed by atoms with Crippen LogP contribution in [0.2, 0.25) is 0 Å². The van der Waals surface area contributed by atoms with Crippen LogP contribution in [0.5, 0.6) is 0 Å². The van der Waals surface area contributed by atoms with Crippen LogP contribution in [-0.2, 0) is 0 Å². The molecular formula is C13H24. The molecule has 0 heteroatoms. The van der Waals surface area contributed by atoms with Crippen LogP contribution in [0.15, 0.2) is 0 Å². The highest BCUT2D eigenvalue weighted by molar-refractivity contribution is 4.80. The van der Waals surface area contributed by atoms with E-state index in [2.05, 4.69) is 6.92 Å². The van der Waals surface area contributed by atoms with Gasteiger partial charge in [-0.1, -0.05) is 58.3 Å². The Morgan fingerprint density at radius 2 is 1.31 bits per heavy atom. The summed E-state index contributed by atoms with van der Waals surface area (Å²) < 4.78 is 0. The normalized spacial score (nSPS) is 37.6.